The summed E-state index contributed by atoms with van der Waals surface area (Å²) in [4.78, 5) is 2.16. The van der Waals surface area contributed by atoms with E-state index in [1.54, 1.807) is 0 Å². The number of aryl methyl sites for hydroxylation is 1. The van der Waals surface area contributed by atoms with Gasteiger partial charge in [0.25, 0.3) is 0 Å². The van der Waals surface area contributed by atoms with Crippen molar-refractivity contribution in [2.24, 2.45) is 0 Å². The summed E-state index contributed by atoms with van der Waals surface area (Å²) < 4.78 is 0. The molecule has 0 aliphatic carbocycles. The number of rotatable bonds is 6. The van der Waals surface area contributed by atoms with Crippen molar-refractivity contribution in [1.82, 2.24) is 0 Å². The fourth-order valence-corrected chi connectivity index (χ4v) is 2.68. The van der Waals surface area contributed by atoms with Gasteiger partial charge in [0, 0.05) is 25.5 Å². The lowest BCUT2D eigenvalue weighted by atomic mass is 10.0. The van der Waals surface area contributed by atoms with Crippen LogP contribution in [0, 0.1) is 6.92 Å². The number of anilines is 2. The van der Waals surface area contributed by atoms with Gasteiger partial charge in [0.05, 0.1) is 6.04 Å². The van der Waals surface area contributed by atoms with Gasteiger partial charge in [0.15, 0.2) is 0 Å². The normalized spacial score (nSPS) is 12.0. The van der Waals surface area contributed by atoms with Crippen molar-refractivity contribution in [3.8, 4) is 0 Å². The summed E-state index contributed by atoms with van der Waals surface area (Å²) in [6.07, 6.45) is 2.30. The molecule has 0 heterocycles. The Morgan fingerprint density at radius 3 is 2.38 bits per heavy atom. The van der Waals surface area contributed by atoms with Crippen LogP contribution in [0.25, 0.3) is 0 Å². The van der Waals surface area contributed by atoms with Gasteiger partial charge in [-0.05, 0) is 36.6 Å². The first kappa shape index (κ1) is 15.4. The average Bonchev–Trinajstić information content (AvgIpc) is 2.49. The lowest BCUT2D eigenvalue weighted by molar-refractivity contribution is 0.677. The fourth-order valence-electron chi connectivity index (χ4n) is 2.68. The van der Waals surface area contributed by atoms with E-state index in [0.29, 0.717) is 6.04 Å². The van der Waals surface area contributed by atoms with E-state index in [-0.39, 0.29) is 0 Å². The molecule has 0 bridgehead atoms. The predicted molar refractivity (Wildman–Crippen MR) is 93.2 cm³/mol. The van der Waals surface area contributed by atoms with Crippen LogP contribution in [0.3, 0.4) is 0 Å². The van der Waals surface area contributed by atoms with Crippen LogP contribution in [0.5, 0.6) is 0 Å². The van der Waals surface area contributed by atoms with E-state index in [1.807, 2.05) is 0 Å². The Kier molecular flexibility index (Phi) is 5.26. The molecule has 2 rings (SSSR count). The maximum absolute atomic E-state index is 3.69. The SMILES string of the molecule is CCCC(Nc1ccc(C)c(N(C)C)c1)c1ccccc1. The van der Waals surface area contributed by atoms with Gasteiger partial charge in [0.2, 0.25) is 0 Å². The van der Waals surface area contributed by atoms with E-state index in [4.69, 9.17) is 0 Å². The Bertz CT molecular complexity index is 561. The molecule has 0 aliphatic heterocycles. The van der Waals surface area contributed by atoms with Gasteiger partial charge in [-0.25, -0.2) is 0 Å². The van der Waals surface area contributed by atoms with Gasteiger partial charge in [0.1, 0.15) is 0 Å². The van der Waals surface area contributed by atoms with Crippen molar-refractivity contribution in [1.29, 1.82) is 0 Å². The standard InChI is InChI=1S/C19H26N2/c1-5-9-18(16-10-7-6-8-11-16)20-17-13-12-15(2)19(14-17)21(3)4/h6-8,10-14,18,20H,5,9H2,1-4H3. The van der Waals surface area contributed by atoms with Crippen LogP contribution in [0.1, 0.15) is 36.9 Å². The largest absolute Gasteiger partial charge is 0.378 e. The molecule has 2 nitrogen and oxygen atoms in total. The lowest BCUT2D eigenvalue weighted by Crippen LogP contribution is -2.13. The number of nitrogens with zero attached hydrogens (tertiary/aromatic N) is 1. The molecule has 0 aliphatic rings. The van der Waals surface area contributed by atoms with Crippen molar-refractivity contribution in [3.05, 3.63) is 59.7 Å². The van der Waals surface area contributed by atoms with Crippen molar-refractivity contribution >= 4 is 11.4 Å². The molecule has 1 atom stereocenters. The molecule has 0 saturated carbocycles. The van der Waals surface area contributed by atoms with Crippen molar-refractivity contribution in [2.75, 3.05) is 24.3 Å². The summed E-state index contributed by atoms with van der Waals surface area (Å²) in [6, 6.07) is 17.7. The molecule has 0 amide bonds. The van der Waals surface area contributed by atoms with Crippen LogP contribution in [-0.2, 0) is 0 Å². The van der Waals surface area contributed by atoms with E-state index < -0.39 is 0 Å². The number of hydrogen-bond donors (Lipinski definition) is 1. The quantitative estimate of drug-likeness (QED) is 0.800. The van der Waals surface area contributed by atoms with Gasteiger partial charge in [-0.1, -0.05) is 49.7 Å². The van der Waals surface area contributed by atoms with E-state index >= 15 is 0 Å². The molecule has 0 saturated heterocycles. The first-order chi connectivity index (χ1) is 10.1. The second-order valence-corrected chi connectivity index (χ2v) is 5.79. The predicted octanol–water partition coefficient (Wildman–Crippen LogP) is 5.01. The molecular weight excluding hydrogens is 256 g/mol. The zero-order valence-electron chi connectivity index (χ0n) is 13.6. The van der Waals surface area contributed by atoms with E-state index in [0.717, 1.165) is 6.42 Å². The third-order valence-corrected chi connectivity index (χ3v) is 3.81. The third-order valence-electron chi connectivity index (χ3n) is 3.81. The van der Waals surface area contributed by atoms with Crippen molar-refractivity contribution < 1.29 is 0 Å². The highest BCUT2D eigenvalue weighted by atomic mass is 15.1. The van der Waals surface area contributed by atoms with Gasteiger partial charge in [-0.15, -0.1) is 0 Å². The zero-order chi connectivity index (χ0) is 15.2. The minimum atomic E-state index is 0.369. The maximum atomic E-state index is 3.69. The molecule has 2 aromatic rings. The fraction of sp³-hybridized carbons (Fsp3) is 0.368. The Morgan fingerprint density at radius 1 is 1.05 bits per heavy atom. The van der Waals surface area contributed by atoms with Crippen molar-refractivity contribution in [3.63, 3.8) is 0 Å². The van der Waals surface area contributed by atoms with Gasteiger partial charge < -0.3 is 10.2 Å². The van der Waals surface area contributed by atoms with Crippen LogP contribution in [-0.4, -0.2) is 14.1 Å². The van der Waals surface area contributed by atoms with Crippen LogP contribution in [0.15, 0.2) is 48.5 Å². The zero-order valence-corrected chi connectivity index (χ0v) is 13.6. The average molecular weight is 282 g/mol. The molecule has 0 aromatic heterocycles. The lowest BCUT2D eigenvalue weighted by Gasteiger charge is -2.22. The summed E-state index contributed by atoms with van der Waals surface area (Å²) in [5.74, 6) is 0. The van der Waals surface area contributed by atoms with Crippen LogP contribution in [0.2, 0.25) is 0 Å². The summed E-state index contributed by atoms with van der Waals surface area (Å²) in [5.41, 5.74) is 5.11. The second kappa shape index (κ2) is 7.16. The third kappa shape index (κ3) is 4.01. The molecule has 1 unspecified atom stereocenters. The molecular formula is C19H26N2. The summed E-state index contributed by atoms with van der Waals surface area (Å²) in [7, 11) is 4.18. The highest BCUT2D eigenvalue weighted by Crippen LogP contribution is 2.28. The van der Waals surface area contributed by atoms with Gasteiger partial charge in [-0.3, -0.25) is 0 Å². The Hall–Kier alpha value is -1.96. The van der Waals surface area contributed by atoms with E-state index in [1.165, 1.54) is 28.9 Å². The monoisotopic (exact) mass is 282 g/mol. The molecule has 0 radical (unpaired) electrons. The van der Waals surface area contributed by atoms with E-state index in [9.17, 15) is 0 Å². The Balaban J connectivity index is 2.23. The summed E-state index contributed by atoms with van der Waals surface area (Å²) >= 11 is 0. The van der Waals surface area contributed by atoms with Crippen LogP contribution in [0.4, 0.5) is 11.4 Å². The summed E-state index contributed by atoms with van der Waals surface area (Å²) in [5, 5.41) is 3.69. The highest BCUT2D eigenvalue weighted by Gasteiger charge is 2.11. The minimum Gasteiger partial charge on any atom is -0.378 e. The number of hydrogen-bond acceptors (Lipinski definition) is 2. The number of benzene rings is 2. The smallest absolute Gasteiger partial charge is 0.0513 e. The molecule has 21 heavy (non-hydrogen) atoms. The Labute approximate surface area is 128 Å². The molecule has 2 aromatic carbocycles. The van der Waals surface area contributed by atoms with Gasteiger partial charge in [-0.2, -0.15) is 0 Å². The first-order valence-corrected chi connectivity index (χ1v) is 7.71. The summed E-state index contributed by atoms with van der Waals surface area (Å²) in [6.45, 7) is 4.39. The first-order valence-electron chi connectivity index (χ1n) is 7.71. The molecule has 1 N–H and O–H groups in total. The molecule has 0 fully saturated rings. The molecule has 0 spiro atoms. The van der Waals surface area contributed by atoms with Crippen molar-refractivity contribution in [2.45, 2.75) is 32.7 Å². The highest BCUT2D eigenvalue weighted by molar-refractivity contribution is 5.62. The Morgan fingerprint density at radius 2 is 1.76 bits per heavy atom. The molecule has 112 valence electrons. The molecule has 2 heteroatoms. The van der Waals surface area contributed by atoms with Crippen LogP contribution >= 0.6 is 0 Å². The topological polar surface area (TPSA) is 15.3 Å². The van der Waals surface area contributed by atoms with Crippen LogP contribution < -0.4 is 10.2 Å². The van der Waals surface area contributed by atoms with Gasteiger partial charge >= 0.3 is 0 Å². The minimum absolute atomic E-state index is 0.369. The van der Waals surface area contributed by atoms with E-state index in [2.05, 4.69) is 86.7 Å². The maximum Gasteiger partial charge on any atom is 0.0513 e. The second-order valence-electron chi connectivity index (χ2n) is 5.79. The number of nitrogens with one attached hydrogen (secondary N) is 1.